The quantitative estimate of drug-likeness (QED) is 0.808. The van der Waals surface area contributed by atoms with Gasteiger partial charge < -0.3 is 19.1 Å². The first-order valence-corrected chi connectivity index (χ1v) is 8.15. The van der Waals surface area contributed by atoms with Crippen LogP contribution in [0.25, 0.3) is 0 Å². The standard InChI is InChI=1S/C18H27NO4/c1-13-6-5-9-19(12-13)17(20)8-7-14-10-15(21-2)18(23-4)16(11-14)22-3/h10-11,13H,5-9,12H2,1-4H3. The highest BCUT2D eigenvalue weighted by molar-refractivity contribution is 5.76. The number of hydrogen-bond acceptors (Lipinski definition) is 4. The molecule has 5 nitrogen and oxygen atoms in total. The van der Waals surface area contributed by atoms with Crippen molar-refractivity contribution >= 4 is 5.91 Å². The summed E-state index contributed by atoms with van der Waals surface area (Å²) in [5.41, 5.74) is 1.01. The third kappa shape index (κ3) is 4.30. The van der Waals surface area contributed by atoms with E-state index in [1.807, 2.05) is 17.0 Å². The molecule has 0 aliphatic carbocycles. The van der Waals surface area contributed by atoms with Gasteiger partial charge in [-0.05, 0) is 42.9 Å². The van der Waals surface area contributed by atoms with Crippen LogP contribution in [0.5, 0.6) is 17.2 Å². The van der Waals surface area contributed by atoms with E-state index >= 15 is 0 Å². The maximum atomic E-state index is 12.4. The maximum Gasteiger partial charge on any atom is 0.222 e. The van der Waals surface area contributed by atoms with E-state index in [4.69, 9.17) is 14.2 Å². The van der Waals surface area contributed by atoms with Crippen LogP contribution in [-0.2, 0) is 11.2 Å². The Kier molecular flexibility index (Phi) is 6.13. The zero-order valence-electron chi connectivity index (χ0n) is 14.6. The third-order valence-electron chi connectivity index (χ3n) is 4.36. The van der Waals surface area contributed by atoms with Crippen LogP contribution in [0.15, 0.2) is 12.1 Å². The van der Waals surface area contributed by atoms with Crippen molar-refractivity contribution in [3.63, 3.8) is 0 Å². The molecule has 1 aliphatic heterocycles. The number of piperidine rings is 1. The molecule has 128 valence electrons. The highest BCUT2D eigenvalue weighted by Gasteiger charge is 2.21. The van der Waals surface area contributed by atoms with E-state index in [-0.39, 0.29) is 5.91 Å². The lowest BCUT2D eigenvalue weighted by Gasteiger charge is -2.31. The number of rotatable bonds is 6. The Bertz CT molecular complexity index is 519. The van der Waals surface area contributed by atoms with Gasteiger partial charge in [0.15, 0.2) is 11.5 Å². The van der Waals surface area contributed by atoms with Crippen molar-refractivity contribution in [3.05, 3.63) is 17.7 Å². The number of methoxy groups -OCH3 is 3. The Hall–Kier alpha value is -1.91. The Balaban J connectivity index is 2.03. The molecule has 0 bridgehead atoms. The molecule has 1 heterocycles. The highest BCUT2D eigenvalue weighted by Crippen LogP contribution is 2.38. The van der Waals surface area contributed by atoms with Crippen LogP contribution in [0.3, 0.4) is 0 Å². The smallest absolute Gasteiger partial charge is 0.222 e. The molecule has 0 spiro atoms. The number of hydrogen-bond donors (Lipinski definition) is 0. The van der Waals surface area contributed by atoms with Gasteiger partial charge in [-0.1, -0.05) is 6.92 Å². The monoisotopic (exact) mass is 321 g/mol. The van der Waals surface area contributed by atoms with E-state index in [0.717, 1.165) is 25.1 Å². The zero-order valence-corrected chi connectivity index (χ0v) is 14.6. The molecule has 0 aromatic heterocycles. The van der Waals surface area contributed by atoms with Crippen LogP contribution < -0.4 is 14.2 Å². The Morgan fingerprint density at radius 2 is 1.83 bits per heavy atom. The topological polar surface area (TPSA) is 48.0 Å². The fourth-order valence-corrected chi connectivity index (χ4v) is 3.11. The summed E-state index contributed by atoms with van der Waals surface area (Å²) in [4.78, 5) is 14.4. The van der Waals surface area contributed by atoms with Gasteiger partial charge in [-0.2, -0.15) is 0 Å². The average Bonchev–Trinajstić information content (AvgIpc) is 2.58. The summed E-state index contributed by atoms with van der Waals surface area (Å²) in [6, 6.07) is 3.82. The van der Waals surface area contributed by atoms with Crippen molar-refractivity contribution in [3.8, 4) is 17.2 Å². The SMILES string of the molecule is COc1cc(CCC(=O)N2CCCC(C)C2)cc(OC)c1OC. The molecule has 1 aromatic carbocycles. The zero-order chi connectivity index (χ0) is 16.8. The molecule has 2 rings (SSSR count). The van der Waals surface area contributed by atoms with E-state index < -0.39 is 0 Å². The minimum Gasteiger partial charge on any atom is -0.493 e. The summed E-state index contributed by atoms with van der Waals surface area (Å²) in [5, 5.41) is 0. The van der Waals surface area contributed by atoms with Gasteiger partial charge >= 0.3 is 0 Å². The van der Waals surface area contributed by atoms with Crippen molar-refractivity contribution in [2.24, 2.45) is 5.92 Å². The fourth-order valence-electron chi connectivity index (χ4n) is 3.11. The third-order valence-corrected chi connectivity index (χ3v) is 4.36. The van der Waals surface area contributed by atoms with Crippen LogP contribution in [0.4, 0.5) is 0 Å². The minimum absolute atomic E-state index is 0.227. The first-order chi connectivity index (χ1) is 11.1. The molecule has 23 heavy (non-hydrogen) atoms. The Labute approximate surface area is 138 Å². The normalized spacial score (nSPS) is 17.7. The number of amides is 1. The second-order valence-corrected chi connectivity index (χ2v) is 6.12. The lowest BCUT2D eigenvalue weighted by atomic mass is 9.99. The first-order valence-electron chi connectivity index (χ1n) is 8.15. The van der Waals surface area contributed by atoms with Gasteiger partial charge in [-0.3, -0.25) is 4.79 Å². The predicted octanol–water partition coefficient (Wildman–Crippen LogP) is 2.90. The number of carbonyl (C=O) groups excluding carboxylic acids is 1. The van der Waals surface area contributed by atoms with Crippen LogP contribution in [0.2, 0.25) is 0 Å². The van der Waals surface area contributed by atoms with Crippen molar-refractivity contribution in [2.75, 3.05) is 34.4 Å². The molecule has 0 saturated carbocycles. The van der Waals surface area contributed by atoms with Gasteiger partial charge in [-0.25, -0.2) is 0 Å². The molecule has 1 aromatic rings. The number of nitrogens with zero attached hydrogens (tertiary/aromatic N) is 1. The van der Waals surface area contributed by atoms with Crippen molar-refractivity contribution < 1.29 is 19.0 Å². The van der Waals surface area contributed by atoms with E-state index in [2.05, 4.69) is 6.92 Å². The van der Waals surface area contributed by atoms with E-state index in [1.165, 1.54) is 6.42 Å². The fraction of sp³-hybridized carbons (Fsp3) is 0.611. The number of ether oxygens (including phenoxy) is 3. The van der Waals surface area contributed by atoms with E-state index in [1.54, 1.807) is 21.3 Å². The van der Waals surface area contributed by atoms with Gasteiger partial charge in [0, 0.05) is 19.5 Å². The average molecular weight is 321 g/mol. The summed E-state index contributed by atoms with van der Waals surface area (Å²) < 4.78 is 16.0. The molecule has 1 saturated heterocycles. The minimum atomic E-state index is 0.227. The summed E-state index contributed by atoms with van der Waals surface area (Å²) in [6.45, 7) is 3.98. The number of aryl methyl sites for hydroxylation is 1. The molecule has 5 heteroatoms. The number of likely N-dealkylation sites (tertiary alicyclic amines) is 1. The molecule has 0 radical (unpaired) electrons. The van der Waals surface area contributed by atoms with Crippen LogP contribution in [0, 0.1) is 5.92 Å². The van der Waals surface area contributed by atoms with Gasteiger partial charge in [0.1, 0.15) is 0 Å². The molecule has 1 aliphatic rings. The predicted molar refractivity (Wildman–Crippen MR) is 89.4 cm³/mol. The maximum absolute atomic E-state index is 12.4. The number of carbonyl (C=O) groups is 1. The van der Waals surface area contributed by atoms with Gasteiger partial charge in [-0.15, -0.1) is 0 Å². The molecule has 1 fully saturated rings. The molecular weight excluding hydrogens is 294 g/mol. The van der Waals surface area contributed by atoms with E-state index in [9.17, 15) is 4.79 Å². The second-order valence-electron chi connectivity index (χ2n) is 6.12. The van der Waals surface area contributed by atoms with Crippen LogP contribution in [-0.4, -0.2) is 45.2 Å². The molecule has 1 atom stereocenters. The van der Waals surface area contributed by atoms with Gasteiger partial charge in [0.25, 0.3) is 0 Å². The number of benzene rings is 1. The lowest BCUT2D eigenvalue weighted by molar-refractivity contribution is -0.132. The molecular formula is C18H27NO4. The second kappa shape index (κ2) is 8.09. The first kappa shape index (κ1) is 17.4. The van der Waals surface area contributed by atoms with Gasteiger partial charge in [0.2, 0.25) is 11.7 Å². The van der Waals surface area contributed by atoms with E-state index in [0.29, 0.717) is 36.0 Å². The molecule has 1 amide bonds. The summed E-state index contributed by atoms with van der Waals surface area (Å²) in [6.07, 6.45) is 3.50. The molecule has 0 N–H and O–H groups in total. The van der Waals surface area contributed by atoms with Crippen LogP contribution in [0.1, 0.15) is 31.7 Å². The highest BCUT2D eigenvalue weighted by atomic mass is 16.5. The Morgan fingerprint density at radius 3 is 2.35 bits per heavy atom. The summed E-state index contributed by atoms with van der Waals surface area (Å²) >= 11 is 0. The van der Waals surface area contributed by atoms with Gasteiger partial charge in [0.05, 0.1) is 21.3 Å². The lowest BCUT2D eigenvalue weighted by Crippen LogP contribution is -2.39. The Morgan fingerprint density at radius 1 is 1.17 bits per heavy atom. The largest absolute Gasteiger partial charge is 0.493 e. The van der Waals surface area contributed by atoms with Crippen molar-refractivity contribution in [1.29, 1.82) is 0 Å². The van der Waals surface area contributed by atoms with Crippen molar-refractivity contribution in [1.82, 2.24) is 4.90 Å². The molecule has 1 unspecified atom stereocenters. The summed E-state index contributed by atoms with van der Waals surface area (Å²) in [5.74, 6) is 2.66. The summed E-state index contributed by atoms with van der Waals surface area (Å²) in [7, 11) is 4.78. The van der Waals surface area contributed by atoms with Crippen LogP contribution >= 0.6 is 0 Å². The van der Waals surface area contributed by atoms with Crippen molar-refractivity contribution in [2.45, 2.75) is 32.6 Å².